The highest BCUT2D eigenvalue weighted by Gasteiger charge is 2.15. The zero-order chi connectivity index (χ0) is 15.7. The van der Waals surface area contributed by atoms with Crippen LogP contribution in [0.1, 0.15) is 11.1 Å². The summed E-state index contributed by atoms with van der Waals surface area (Å²) in [5.74, 6) is 0. The van der Waals surface area contributed by atoms with E-state index in [-0.39, 0.29) is 11.4 Å². The molecule has 0 fully saturated rings. The minimum Gasteiger partial charge on any atom is -0.334 e. The van der Waals surface area contributed by atoms with E-state index < -0.39 is 10.0 Å². The largest absolute Gasteiger partial charge is 0.334 e. The first kappa shape index (κ1) is 14.7. The maximum Gasteiger partial charge on any atom is 0.240 e. The first-order valence-corrected chi connectivity index (χ1v) is 8.40. The molecule has 3 rings (SSSR count). The highest BCUT2D eigenvalue weighted by atomic mass is 32.2. The van der Waals surface area contributed by atoms with Gasteiger partial charge in [-0.2, -0.15) is 0 Å². The molecule has 3 aromatic rings. The first-order chi connectivity index (χ1) is 10.5. The monoisotopic (exact) mass is 315 g/mol. The predicted octanol–water partition coefficient (Wildman–Crippen LogP) is 2.36. The molecule has 114 valence electrons. The van der Waals surface area contributed by atoms with Crippen LogP contribution in [0, 0.1) is 6.92 Å². The Morgan fingerprint density at radius 2 is 2.00 bits per heavy atom. The highest BCUT2D eigenvalue weighted by molar-refractivity contribution is 7.89. The Balaban J connectivity index is 1.84. The zero-order valence-corrected chi connectivity index (χ0v) is 13.3. The molecule has 0 saturated carbocycles. The van der Waals surface area contributed by atoms with Crippen LogP contribution in [-0.2, 0) is 23.6 Å². The average Bonchev–Trinajstić information content (AvgIpc) is 2.86. The quantitative estimate of drug-likeness (QED) is 0.804. The van der Waals surface area contributed by atoms with Gasteiger partial charge >= 0.3 is 0 Å². The topological polar surface area (TPSA) is 64.0 Å². The molecule has 0 aliphatic carbocycles. The maximum atomic E-state index is 12.4. The molecule has 1 N–H and O–H groups in total. The number of nitrogens with zero attached hydrogens (tertiary/aromatic N) is 2. The lowest BCUT2D eigenvalue weighted by molar-refractivity contribution is 0.581. The molecular formula is C16H17N3O2S. The molecule has 0 radical (unpaired) electrons. The van der Waals surface area contributed by atoms with Crippen LogP contribution >= 0.6 is 0 Å². The molecule has 5 nitrogen and oxygen atoms in total. The van der Waals surface area contributed by atoms with Gasteiger partial charge in [-0.05, 0) is 30.7 Å². The minimum atomic E-state index is -3.55. The van der Waals surface area contributed by atoms with Crippen LogP contribution in [0.4, 0.5) is 0 Å². The molecule has 0 unspecified atom stereocenters. The zero-order valence-electron chi connectivity index (χ0n) is 12.4. The molecule has 1 aromatic heterocycles. The van der Waals surface area contributed by atoms with Crippen molar-refractivity contribution in [3.63, 3.8) is 0 Å². The van der Waals surface area contributed by atoms with Crippen LogP contribution in [0.3, 0.4) is 0 Å². The number of aromatic nitrogens is 2. The molecule has 0 atom stereocenters. The summed E-state index contributed by atoms with van der Waals surface area (Å²) < 4.78 is 29.3. The number of hydrogen-bond acceptors (Lipinski definition) is 3. The highest BCUT2D eigenvalue weighted by Crippen LogP contribution is 2.17. The molecule has 0 saturated heterocycles. The molecule has 6 heteroatoms. The number of nitrogens with one attached hydrogen (secondary N) is 1. The molecule has 0 spiro atoms. The van der Waals surface area contributed by atoms with Gasteiger partial charge in [0.2, 0.25) is 10.0 Å². The Bertz CT molecular complexity index is 929. The number of fused-ring (bicyclic) bond motifs is 1. The lowest BCUT2D eigenvalue weighted by Gasteiger charge is -2.07. The van der Waals surface area contributed by atoms with Crippen LogP contribution in [0.2, 0.25) is 0 Å². The molecule has 0 amide bonds. The van der Waals surface area contributed by atoms with Gasteiger partial charge in [0, 0.05) is 13.6 Å². The Labute approximate surface area is 129 Å². The third kappa shape index (κ3) is 2.88. The van der Waals surface area contributed by atoms with Crippen molar-refractivity contribution >= 4 is 21.1 Å². The lowest BCUT2D eigenvalue weighted by atomic mass is 10.1. The van der Waals surface area contributed by atoms with E-state index in [0.29, 0.717) is 5.52 Å². The summed E-state index contributed by atoms with van der Waals surface area (Å²) in [7, 11) is -1.68. The molecule has 22 heavy (non-hydrogen) atoms. The molecular weight excluding hydrogens is 298 g/mol. The second-order valence-corrected chi connectivity index (χ2v) is 7.09. The molecule has 1 heterocycles. The van der Waals surface area contributed by atoms with Crippen molar-refractivity contribution in [2.24, 2.45) is 7.05 Å². The van der Waals surface area contributed by atoms with E-state index in [9.17, 15) is 8.42 Å². The van der Waals surface area contributed by atoms with Gasteiger partial charge in [0.1, 0.15) is 0 Å². The van der Waals surface area contributed by atoms with Crippen LogP contribution in [0.15, 0.2) is 53.7 Å². The van der Waals surface area contributed by atoms with Crippen LogP contribution in [-0.4, -0.2) is 18.0 Å². The van der Waals surface area contributed by atoms with Gasteiger partial charge in [-0.3, -0.25) is 0 Å². The molecule has 0 aliphatic heterocycles. The number of rotatable bonds is 4. The van der Waals surface area contributed by atoms with Crippen molar-refractivity contribution in [2.45, 2.75) is 18.4 Å². The fraction of sp³-hybridized carbons (Fsp3) is 0.188. The smallest absolute Gasteiger partial charge is 0.240 e. The Morgan fingerprint density at radius 1 is 1.18 bits per heavy atom. The summed E-state index contributed by atoms with van der Waals surface area (Å²) in [6, 6.07) is 12.7. The summed E-state index contributed by atoms with van der Waals surface area (Å²) in [6.45, 7) is 2.25. The number of aryl methyl sites for hydroxylation is 2. The number of benzene rings is 2. The fourth-order valence-corrected chi connectivity index (χ4v) is 3.40. The van der Waals surface area contributed by atoms with E-state index >= 15 is 0 Å². The Hall–Kier alpha value is -2.18. The normalized spacial score (nSPS) is 11.9. The summed E-state index contributed by atoms with van der Waals surface area (Å²) in [5.41, 5.74) is 3.60. The van der Waals surface area contributed by atoms with Crippen molar-refractivity contribution in [3.8, 4) is 0 Å². The Kier molecular flexibility index (Phi) is 3.72. The van der Waals surface area contributed by atoms with Crippen molar-refractivity contribution in [2.75, 3.05) is 0 Å². The molecule has 0 aliphatic rings. The van der Waals surface area contributed by atoms with Crippen LogP contribution in [0.5, 0.6) is 0 Å². The van der Waals surface area contributed by atoms with Gasteiger partial charge in [-0.15, -0.1) is 0 Å². The van der Waals surface area contributed by atoms with E-state index in [4.69, 9.17) is 0 Å². The fourth-order valence-electron chi connectivity index (χ4n) is 2.37. The predicted molar refractivity (Wildman–Crippen MR) is 85.9 cm³/mol. The molecule has 0 bridgehead atoms. The minimum absolute atomic E-state index is 0.228. The SMILES string of the molecule is Cc1cccc(CNS(=O)(=O)c2ccc3c(c2)ncn3C)c1. The van der Waals surface area contributed by atoms with Gasteiger partial charge in [-0.25, -0.2) is 18.1 Å². The van der Waals surface area contributed by atoms with Crippen molar-refractivity contribution in [3.05, 3.63) is 59.9 Å². The average molecular weight is 315 g/mol. The van der Waals surface area contributed by atoms with Gasteiger partial charge in [-0.1, -0.05) is 29.8 Å². The van der Waals surface area contributed by atoms with Crippen LogP contribution < -0.4 is 4.72 Å². The van der Waals surface area contributed by atoms with Crippen LogP contribution in [0.25, 0.3) is 11.0 Å². The van der Waals surface area contributed by atoms with E-state index in [0.717, 1.165) is 16.6 Å². The summed E-state index contributed by atoms with van der Waals surface area (Å²) >= 11 is 0. The van der Waals surface area contributed by atoms with E-state index in [2.05, 4.69) is 9.71 Å². The maximum absolute atomic E-state index is 12.4. The van der Waals surface area contributed by atoms with E-state index in [1.54, 1.807) is 24.5 Å². The number of hydrogen-bond donors (Lipinski definition) is 1. The summed E-state index contributed by atoms with van der Waals surface area (Å²) in [6.07, 6.45) is 1.67. The van der Waals surface area contributed by atoms with E-state index in [1.807, 2.05) is 42.8 Å². The van der Waals surface area contributed by atoms with E-state index in [1.165, 1.54) is 0 Å². The van der Waals surface area contributed by atoms with Crippen molar-refractivity contribution in [1.29, 1.82) is 0 Å². The molecule has 2 aromatic carbocycles. The Morgan fingerprint density at radius 3 is 2.77 bits per heavy atom. The summed E-state index contributed by atoms with van der Waals surface area (Å²) in [4.78, 5) is 4.42. The first-order valence-electron chi connectivity index (χ1n) is 6.92. The van der Waals surface area contributed by atoms with Gasteiger partial charge in [0.25, 0.3) is 0 Å². The van der Waals surface area contributed by atoms with Crippen molar-refractivity contribution < 1.29 is 8.42 Å². The van der Waals surface area contributed by atoms with Gasteiger partial charge < -0.3 is 4.57 Å². The lowest BCUT2D eigenvalue weighted by Crippen LogP contribution is -2.23. The second kappa shape index (κ2) is 5.55. The number of imidazole rings is 1. The number of sulfonamides is 1. The second-order valence-electron chi connectivity index (χ2n) is 5.32. The van der Waals surface area contributed by atoms with Crippen molar-refractivity contribution in [1.82, 2.24) is 14.3 Å². The standard InChI is InChI=1S/C16H17N3O2S/c1-12-4-3-5-13(8-12)10-18-22(20,21)14-6-7-16-15(9-14)17-11-19(16)2/h3-9,11,18H,10H2,1-2H3. The third-order valence-corrected chi connectivity index (χ3v) is 4.95. The summed E-state index contributed by atoms with van der Waals surface area (Å²) in [5, 5.41) is 0. The van der Waals surface area contributed by atoms with Gasteiger partial charge in [0.15, 0.2) is 0 Å². The third-order valence-electron chi connectivity index (χ3n) is 3.56. The van der Waals surface area contributed by atoms with Gasteiger partial charge in [0.05, 0.1) is 22.3 Å².